The van der Waals surface area contributed by atoms with E-state index in [1.165, 1.54) is 11.3 Å². The van der Waals surface area contributed by atoms with E-state index in [1.54, 1.807) is 6.92 Å². The smallest absolute Gasteiger partial charge is 0.451 e. The molecule has 0 aliphatic heterocycles. The summed E-state index contributed by atoms with van der Waals surface area (Å²) in [5, 5.41) is 12.1. The Hall–Kier alpha value is -2.82. The van der Waals surface area contributed by atoms with Crippen molar-refractivity contribution in [3.63, 3.8) is 0 Å². The van der Waals surface area contributed by atoms with E-state index in [-0.39, 0.29) is 24.0 Å². The summed E-state index contributed by atoms with van der Waals surface area (Å²) >= 11 is 1.35. The number of hydrogen-bond donors (Lipinski definition) is 1. The van der Waals surface area contributed by atoms with Gasteiger partial charge in [0.15, 0.2) is 11.6 Å². The van der Waals surface area contributed by atoms with Crippen LogP contribution in [0.25, 0.3) is 0 Å². The number of nitrogens with zero attached hydrogens (tertiary/aromatic N) is 5. The molecule has 30 heavy (non-hydrogen) atoms. The number of nitrogens with one attached hydrogen (secondary N) is 1. The van der Waals surface area contributed by atoms with Crippen LogP contribution < -0.4 is 10.1 Å². The molecule has 1 fully saturated rings. The molecule has 158 valence electrons. The van der Waals surface area contributed by atoms with E-state index >= 15 is 0 Å². The summed E-state index contributed by atoms with van der Waals surface area (Å²) in [6, 6.07) is 4.01. The lowest BCUT2D eigenvalue weighted by molar-refractivity contribution is -0.144. The van der Waals surface area contributed by atoms with Crippen LogP contribution in [0.1, 0.15) is 39.4 Å². The lowest BCUT2D eigenvalue weighted by Crippen LogP contribution is -2.15. The second-order valence-corrected chi connectivity index (χ2v) is 8.41. The molecule has 0 amide bonds. The summed E-state index contributed by atoms with van der Waals surface area (Å²) in [6.07, 6.45) is -0.838. The highest BCUT2D eigenvalue weighted by Crippen LogP contribution is 2.47. The van der Waals surface area contributed by atoms with Crippen molar-refractivity contribution in [2.24, 2.45) is 5.92 Å². The quantitative estimate of drug-likeness (QED) is 0.595. The first kappa shape index (κ1) is 20.5. The van der Waals surface area contributed by atoms with Crippen LogP contribution >= 0.6 is 11.3 Å². The predicted octanol–water partition coefficient (Wildman–Crippen LogP) is 4.15. The number of aryl methyl sites for hydroxylation is 2. The summed E-state index contributed by atoms with van der Waals surface area (Å²) < 4.78 is 44.9. The third-order valence-corrected chi connectivity index (χ3v) is 5.51. The van der Waals surface area contributed by atoms with E-state index in [2.05, 4.69) is 30.5 Å². The van der Waals surface area contributed by atoms with Crippen molar-refractivity contribution < 1.29 is 17.9 Å². The van der Waals surface area contributed by atoms with Gasteiger partial charge < -0.3 is 10.1 Å². The summed E-state index contributed by atoms with van der Waals surface area (Å²) in [7, 11) is 0. The molecule has 1 aliphatic rings. The first-order valence-electron chi connectivity index (χ1n) is 9.32. The molecule has 2 unspecified atom stereocenters. The van der Waals surface area contributed by atoms with E-state index in [9.17, 15) is 13.2 Å². The highest BCUT2D eigenvalue weighted by atomic mass is 32.1. The van der Waals surface area contributed by atoms with E-state index in [0.717, 1.165) is 28.9 Å². The van der Waals surface area contributed by atoms with Gasteiger partial charge in [-0.2, -0.15) is 13.2 Å². The molecule has 0 aromatic carbocycles. The molecule has 0 spiro atoms. The third-order valence-electron chi connectivity index (χ3n) is 4.67. The largest absolute Gasteiger partial charge is 0.488 e. The molecule has 11 heteroatoms. The minimum Gasteiger partial charge on any atom is -0.488 e. The van der Waals surface area contributed by atoms with Crippen LogP contribution in [0.3, 0.4) is 0 Å². The Bertz CT molecular complexity index is 1020. The Morgan fingerprint density at radius 1 is 1.17 bits per heavy atom. The van der Waals surface area contributed by atoms with Crippen molar-refractivity contribution in [3.8, 4) is 5.75 Å². The second-order valence-electron chi connectivity index (χ2n) is 7.15. The molecule has 4 rings (SSSR count). The zero-order valence-electron chi connectivity index (χ0n) is 16.3. The first-order chi connectivity index (χ1) is 14.3. The van der Waals surface area contributed by atoms with Gasteiger partial charge in [-0.1, -0.05) is 17.4 Å². The Kier molecular flexibility index (Phi) is 5.54. The Balaban J connectivity index is 1.44. The van der Waals surface area contributed by atoms with Gasteiger partial charge in [-0.15, -0.1) is 10.2 Å². The van der Waals surface area contributed by atoms with Crippen LogP contribution in [0.4, 0.5) is 19.0 Å². The first-order valence-corrected chi connectivity index (χ1v) is 10.1. The van der Waals surface area contributed by atoms with Crippen LogP contribution in [0.15, 0.2) is 24.5 Å². The van der Waals surface area contributed by atoms with E-state index < -0.39 is 12.0 Å². The highest BCUT2D eigenvalue weighted by Gasteiger charge is 2.40. The maximum Gasteiger partial charge on any atom is 0.451 e. The van der Waals surface area contributed by atoms with Crippen molar-refractivity contribution in [1.29, 1.82) is 0 Å². The van der Waals surface area contributed by atoms with Crippen molar-refractivity contribution >= 4 is 17.2 Å². The molecule has 3 heterocycles. The molecule has 1 saturated carbocycles. The number of anilines is 1. The van der Waals surface area contributed by atoms with Gasteiger partial charge in [-0.25, -0.2) is 9.97 Å². The molecule has 7 nitrogen and oxygen atoms in total. The molecule has 3 aromatic heterocycles. The van der Waals surface area contributed by atoms with Crippen LogP contribution in [0.5, 0.6) is 5.75 Å². The number of pyridine rings is 1. The number of alkyl halides is 3. The van der Waals surface area contributed by atoms with Crippen molar-refractivity contribution in [1.82, 2.24) is 25.1 Å². The number of ether oxygens (including phenoxy) is 1. The number of aromatic nitrogens is 5. The zero-order chi connectivity index (χ0) is 21.3. The van der Waals surface area contributed by atoms with Crippen LogP contribution in [0.2, 0.25) is 0 Å². The number of rotatable bonds is 7. The van der Waals surface area contributed by atoms with Gasteiger partial charge in [0.25, 0.3) is 0 Å². The minimum absolute atomic E-state index is 0.0177. The standard InChI is InChI=1S/C19H19F3N6OS/c1-10-3-4-14(23-6-10)13-5-12(13)9-29-15-7-25-18(19(20,21)22)26-17(15)24-8-16-28-27-11(2)30-16/h3-4,6-7,12-13H,5,8-9H2,1-2H3,(H,24,25,26). The second kappa shape index (κ2) is 8.13. The average molecular weight is 436 g/mol. The monoisotopic (exact) mass is 436 g/mol. The van der Waals surface area contributed by atoms with Gasteiger partial charge in [0.05, 0.1) is 19.3 Å². The van der Waals surface area contributed by atoms with E-state index in [0.29, 0.717) is 17.5 Å². The summed E-state index contributed by atoms with van der Waals surface area (Å²) in [5.41, 5.74) is 2.10. The topological polar surface area (TPSA) is 85.7 Å². The SMILES string of the molecule is Cc1ccc(C2CC2COc2cnc(C(F)(F)F)nc2NCc2nnc(C)s2)nc1. The predicted molar refractivity (Wildman–Crippen MR) is 104 cm³/mol. The van der Waals surface area contributed by atoms with Gasteiger partial charge in [0, 0.05) is 23.7 Å². The van der Waals surface area contributed by atoms with Crippen LogP contribution in [0, 0.1) is 19.8 Å². The van der Waals surface area contributed by atoms with Gasteiger partial charge in [-0.05, 0) is 31.9 Å². The van der Waals surface area contributed by atoms with Crippen molar-refractivity contribution in [3.05, 3.63) is 51.6 Å². The lowest BCUT2D eigenvalue weighted by Gasteiger charge is -2.13. The maximum absolute atomic E-state index is 13.0. The Morgan fingerprint density at radius 2 is 2.00 bits per heavy atom. The van der Waals surface area contributed by atoms with Gasteiger partial charge in [0.2, 0.25) is 5.82 Å². The lowest BCUT2D eigenvalue weighted by atomic mass is 10.2. The fourth-order valence-corrected chi connectivity index (χ4v) is 3.65. The normalized spacial score (nSPS) is 18.3. The maximum atomic E-state index is 13.0. The molecule has 1 N–H and O–H groups in total. The molecule has 2 atom stereocenters. The van der Waals surface area contributed by atoms with E-state index in [4.69, 9.17) is 4.74 Å². The van der Waals surface area contributed by atoms with Crippen LogP contribution in [-0.2, 0) is 12.7 Å². The van der Waals surface area contributed by atoms with Gasteiger partial charge in [-0.3, -0.25) is 4.98 Å². The number of hydrogen-bond acceptors (Lipinski definition) is 8. The molecule has 0 saturated heterocycles. The zero-order valence-corrected chi connectivity index (χ0v) is 17.1. The summed E-state index contributed by atoms with van der Waals surface area (Å²) in [6.45, 7) is 4.32. The molecule has 1 aliphatic carbocycles. The molecular weight excluding hydrogens is 417 g/mol. The molecule has 0 bridgehead atoms. The van der Waals surface area contributed by atoms with Crippen LogP contribution in [-0.4, -0.2) is 31.8 Å². The number of halogens is 3. The van der Waals surface area contributed by atoms with Gasteiger partial charge >= 0.3 is 6.18 Å². The van der Waals surface area contributed by atoms with Crippen molar-refractivity contribution in [2.75, 3.05) is 11.9 Å². The molecule has 0 radical (unpaired) electrons. The highest BCUT2D eigenvalue weighted by molar-refractivity contribution is 7.11. The Morgan fingerprint density at radius 3 is 2.67 bits per heavy atom. The van der Waals surface area contributed by atoms with Gasteiger partial charge in [0.1, 0.15) is 10.0 Å². The summed E-state index contributed by atoms with van der Waals surface area (Å²) in [5.74, 6) is -0.524. The average Bonchev–Trinajstić information content (AvgIpc) is 3.36. The summed E-state index contributed by atoms with van der Waals surface area (Å²) in [4.78, 5) is 11.5. The van der Waals surface area contributed by atoms with E-state index in [1.807, 2.05) is 25.3 Å². The Labute approximate surface area is 174 Å². The minimum atomic E-state index is -4.65. The fraction of sp³-hybridized carbons (Fsp3) is 0.421. The fourth-order valence-electron chi connectivity index (χ4n) is 3.00. The van der Waals surface area contributed by atoms with Crippen molar-refractivity contribution in [2.45, 2.75) is 38.9 Å². The molecule has 3 aromatic rings. The molecular formula is C19H19F3N6OS. The third kappa shape index (κ3) is 4.84.